The van der Waals surface area contributed by atoms with Gasteiger partial charge in [0.1, 0.15) is 0 Å². The molecule has 0 radical (unpaired) electrons. The smallest absolute Gasteiger partial charge is 0.240 e. The summed E-state index contributed by atoms with van der Waals surface area (Å²) >= 11 is 0. The lowest BCUT2D eigenvalue weighted by molar-refractivity contribution is -0.132. The summed E-state index contributed by atoms with van der Waals surface area (Å²) < 4.78 is 5.47. The lowest BCUT2D eigenvalue weighted by Crippen LogP contribution is -2.47. The van der Waals surface area contributed by atoms with Crippen LogP contribution in [0.1, 0.15) is 51.9 Å². The van der Waals surface area contributed by atoms with Crippen molar-refractivity contribution in [3.05, 3.63) is 0 Å². The van der Waals surface area contributed by atoms with Crippen LogP contribution in [0.3, 0.4) is 0 Å². The van der Waals surface area contributed by atoms with Gasteiger partial charge in [0.15, 0.2) is 0 Å². The molecule has 4 heteroatoms. The number of hydrogen-bond donors (Lipinski definition) is 1. The van der Waals surface area contributed by atoms with E-state index >= 15 is 0 Å². The fourth-order valence-electron chi connectivity index (χ4n) is 4.20. The Morgan fingerprint density at radius 1 is 1.21 bits per heavy atom. The van der Waals surface area contributed by atoms with E-state index < -0.39 is 0 Å². The van der Waals surface area contributed by atoms with Crippen LogP contribution in [-0.2, 0) is 9.53 Å². The Balaban J connectivity index is 1.74. The SMILES string of the molecule is COC1CCC(N2C(=O)C(C)NC2C2CCCC2)C1. The lowest BCUT2D eigenvalue weighted by atomic mass is 10.0. The fraction of sp³-hybridized carbons (Fsp3) is 0.933. The number of hydrogen-bond acceptors (Lipinski definition) is 3. The Morgan fingerprint density at radius 3 is 2.58 bits per heavy atom. The zero-order valence-corrected chi connectivity index (χ0v) is 12.1. The normalized spacial score (nSPS) is 40.5. The fourth-order valence-corrected chi connectivity index (χ4v) is 4.20. The van der Waals surface area contributed by atoms with E-state index in [1.165, 1.54) is 25.7 Å². The van der Waals surface area contributed by atoms with Crippen LogP contribution in [0.15, 0.2) is 0 Å². The third-order valence-electron chi connectivity index (χ3n) is 5.28. The quantitative estimate of drug-likeness (QED) is 0.848. The average molecular weight is 266 g/mol. The second-order valence-electron chi connectivity index (χ2n) is 6.45. The Morgan fingerprint density at radius 2 is 1.95 bits per heavy atom. The van der Waals surface area contributed by atoms with Crippen molar-refractivity contribution in [2.24, 2.45) is 5.92 Å². The molecule has 3 fully saturated rings. The molecule has 1 amide bonds. The number of carbonyl (C=O) groups is 1. The van der Waals surface area contributed by atoms with Crippen LogP contribution in [0.25, 0.3) is 0 Å². The van der Waals surface area contributed by atoms with Crippen molar-refractivity contribution in [3.8, 4) is 0 Å². The van der Waals surface area contributed by atoms with E-state index in [0.29, 0.717) is 24.0 Å². The maximum atomic E-state index is 12.5. The first-order valence-corrected chi connectivity index (χ1v) is 7.81. The molecule has 108 valence electrons. The van der Waals surface area contributed by atoms with Gasteiger partial charge in [0, 0.05) is 13.2 Å². The molecule has 0 aromatic heterocycles. The van der Waals surface area contributed by atoms with Crippen LogP contribution >= 0.6 is 0 Å². The van der Waals surface area contributed by atoms with Crippen LogP contribution in [0.5, 0.6) is 0 Å². The first kappa shape index (κ1) is 13.4. The summed E-state index contributed by atoms with van der Waals surface area (Å²) in [6.07, 6.45) is 9.03. The molecule has 1 aliphatic heterocycles. The predicted octanol–water partition coefficient (Wildman–Crippen LogP) is 1.89. The highest BCUT2D eigenvalue weighted by Gasteiger charge is 2.46. The van der Waals surface area contributed by atoms with Crippen LogP contribution < -0.4 is 5.32 Å². The van der Waals surface area contributed by atoms with E-state index in [1.54, 1.807) is 7.11 Å². The van der Waals surface area contributed by atoms with Gasteiger partial charge in [-0.05, 0) is 44.9 Å². The van der Waals surface area contributed by atoms with Gasteiger partial charge >= 0.3 is 0 Å². The van der Waals surface area contributed by atoms with Gasteiger partial charge in [0.2, 0.25) is 5.91 Å². The molecule has 1 N–H and O–H groups in total. The van der Waals surface area contributed by atoms with E-state index in [2.05, 4.69) is 10.2 Å². The second-order valence-corrected chi connectivity index (χ2v) is 6.45. The molecular weight excluding hydrogens is 240 g/mol. The predicted molar refractivity (Wildman–Crippen MR) is 73.6 cm³/mol. The van der Waals surface area contributed by atoms with E-state index in [1.807, 2.05) is 6.92 Å². The molecule has 2 saturated carbocycles. The van der Waals surface area contributed by atoms with Crippen LogP contribution in [0, 0.1) is 5.92 Å². The van der Waals surface area contributed by atoms with Gasteiger partial charge in [-0.2, -0.15) is 0 Å². The molecule has 0 aromatic rings. The Labute approximate surface area is 115 Å². The topological polar surface area (TPSA) is 41.6 Å². The van der Waals surface area contributed by atoms with Crippen molar-refractivity contribution in [3.63, 3.8) is 0 Å². The molecule has 0 bridgehead atoms. The summed E-state index contributed by atoms with van der Waals surface area (Å²) in [5.74, 6) is 0.967. The molecule has 3 rings (SSSR count). The minimum atomic E-state index is -0.00723. The van der Waals surface area contributed by atoms with E-state index in [-0.39, 0.29) is 12.2 Å². The first-order chi connectivity index (χ1) is 9.20. The molecule has 0 aromatic carbocycles. The Bertz CT molecular complexity index is 341. The molecule has 4 nitrogen and oxygen atoms in total. The maximum absolute atomic E-state index is 12.5. The third kappa shape index (κ3) is 2.40. The molecule has 4 unspecified atom stereocenters. The number of methoxy groups -OCH3 is 1. The summed E-state index contributed by atoms with van der Waals surface area (Å²) in [6, 6.07) is 0.382. The van der Waals surface area contributed by atoms with E-state index in [9.17, 15) is 4.79 Å². The summed E-state index contributed by atoms with van der Waals surface area (Å²) in [5, 5.41) is 3.54. The van der Waals surface area contributed by atoms with Crippen molar-refractivity contribution < 1.29 is 9.53 Å². The molecule has 4 atom stereocenters. The minimum Gasteiger partial charge on any atom is -0.381 e. The van der Waals surface area contributed by atoms with Crippen molar-refractivity contribution in [1.82, 2.24) is 10.2 Å². The van der Waals surface area contributed by atoms with Gasteiger partial charge in [-0.1, -0.05) is 12.8 Å². The van der Waals surface area contributed by atoms with Gasteiger partial charge in [-0.25, -0.2) is 0 Å². The first-order valence-electron chi connectivity index (χ1n) is 7.81. The number of rotatable bonds is 3. The van der Waals surface area contributed by atoms with Crippen LogP contribution in [-0.4, -0.2) is 42.3 Å². The summed E-state index contributed by atoms with van der Waals surface area (Å²) in [7, 11) is 1.79. The summed E-state index contributed by atoms with van der Waals surface area (Å²) in [4.78, 5) is 14.7. The van der Waals surface area contributed by atoms with Crippen molar-refractivity contribution in [1.29, 1.82) is 0 Å². The molecular formula is C15H26N2O2. The molecule has 2 aliphatic carbocycles. The van der Waals surface area contributed by atoms with E-state index in [0.717, 1.165) is 19.3 Å². The number of carbonyl (C=O) groups excluding carboxylic acids is 1. The highest BCUT2D eigenvalue weighted by Crippen LogP contribution is 2.36. The van der Waals surface area contributed by atoms with Crippen molar-refractivity contribution in [2.45, 2.75) is 76.2 Å². The Kier molecular flexibility index (Phi) is 3.81. The van der Waals surface area contributed by atoms with Gasteiger partial charge < -0.3 is 9.64 Å². The third-order valence-corrected chi connectivity index (χ3v) is 5.28. The van der Waals surface area contributed by atoms with E-state index in [4.69, 9.17) is 4.74 Å². The van der Waals surface area contributed by atoms with Crippen LogP contribution in [0.4, 0.5) is 0 Å². The van der Waals surface area contributed by atoms with Crippen molar-refractivity contribution in [2.75, 3.05) is 7.11 Å². The number of amides is 1. The number of nitrogens with zero attached hydrogens (tertiary/aromatic N) is 1. The molecule has 1 heterocycles. The van der Waals surface area contributed by atoms with Gasteiger partial charge in [0.25, 0.3) is 0 Å². The molecule has 1 saturated heterocycles. The van der Waals surface area contributed by atoms with Gasteiger partial charge in [-0.15, -0.1) is 0 Å². The number of ether oxygens (including phenoxy) is 1. The van der Waals surface area contributed by atoms with Gasteiger partial charge in [0.05, 0.1) is 18.3 Å². The Hall–Kier alpha value is -0.610. The highest BCUT2D eigenvalue weighted by molar-refractivity contribution is 5.84. The lowest BCUT2D eigenvalue weighted by Gasteiger charge is -2.33. The minimum absolute atomic E-state index is 0.00723. The molecule has 0 spiro atoms. The number of nitrogens with one attached hydrogen (secondary N) is 1. The monoisotopic (exact) mass is 266 g/mol. The standard InChI is InChI=1S/C15H26N2O2/c1-10-15(18)17(12-7-8-13(9-12)19-2)14(16-10)11-5-3-4-6-11/h10-14,16H,3-9H2,1-2H3. The summed E-state index contributed by atoms with van der Waals surface area (Å²) in [6.45, 7) is 2.01. The zero-order chi connectivity index (χ0) is 13.4. The highest BCUT2D eigenvalue weighted by atomic mass is 16.5. The molecule has 3 aliphatic rings. The second kappa shape index (κ2) is 5.41. The van der Waals surface area contributed by atoms with Crippen molar-refractivity contribution >= 4 is 5.91 Å². The average Bonchev–Trinajstić information content (AvgIpc) is 3.11. The zero-order valence-electron chi connectivity index (χ0n) is 12.1. The largest absolute Gasteiger partial charge is 0.381 e. The van der Waals surface area contributed by atoms with Crippen LogP contribution in [0.2, 0.25) is 0 Å². The molecule has 19 heavy (non-hydrogen) atoms. The van der Waals surface area contributed by atoms with Gasteiger partial charge in [-0.3, -0.25) is 10.1 Å². The summed E-state index contributed by atoms with van der Waals surface area (Å²) in [5.41, 5.74) is 0. The maximum Gasteiger partial charge on any atom is 0.240 e.